The van der Waals surface area contributed by atoms with Crippen molar-refractivity contribution in [1.29, 1.82) is 0 Å². The molecule has 1 amide bonds. The molecule has 20 heavy (non-hydrogen) atoms. The van der Waals surface area contributed by atoms with E-state index in [-0.39, 0.29) is 17.8 Å². The summed E-state index contributed by atoms with van der Waals surface area (Å²) >= 11 is 0. The van der Waals surface area contributed by atoms with Crippen LogP contribution in [0.25, 0.3) is 0 Å². The van der Waals surface area contributed by atoms with Crippen LogP contribution in [0, 0.1) is 22.5 Å². The second kappa shape index (κ2) is 6.14. The van der Waals surface area contributed by atoms with Gasteiger partial charge in [-0.25, -0.2) is 9.78 Å². The monoisotopic (exact) mass is 278 g/mol. The second-order valence-corrected chi connectivity index (χ2v) is 3.65. The van der Waals surface area contributed by atoms with Gasteiger partial charge in [0.05, 0.1) is 10.5 Å². The zero-order valence-corrected chi connectivity index (χ0v) is 10.1. The number of aromatic nitrogens is 1. The van der Waals surface area contributed by atoms with Crippen molar-refractivity contribution < 1.29 is 19.6 Å². The minimum Gasteiger partial charge on any atom is -0.480 e. The smallest absolute Gasteiger partial charge is 0.327 e. The number of nitrogens with zero attached hydrogens (tertiary/aromatic N) is 2. The van der Waals surface area contributed by atoms with E-state index in [2.05, 4.69) is 16.2 Å². The van der Waals surface area contributed by atoms with Crippen molar-refractivity contribution >= 4 is 23.4 Å². The summed E-state index contributed by atoms with van der Waals surface area (Å²) < 4.78 is 0. The van der Waals surface area contributed by atoms with E-state index in [0.29, 0.717) is 0 Å². The summed E-state index contributed by atoms with van der Waals surface area (Å²) in [5, 5.41) is 21.9. The van der Waals surface area contributed by atoms with Crippen LogP contribution in [0.4, 0.5) is 11.5 Å². The summed E-state index contributed by atoms with van der Waals surface area (Å²) in [7, 11) is 0. The maximum absolute atomic E-state index is 11.2. The van der Waals surface area contributed by atoms with Crippen molar-refractivity contribution in [3.05, 3.63) is 27.9 Å². The highest BCUT2D eigenvalue weighted by Gasteiger charge is 2.21. The number of amides is 1. The van der Waals surface area contributed by atoms with Gasteiger partial charge in [-0.15, -0.1) is 12.3 Å². The molecule has 9 nitrogen and oxygen atoms in total. The number of carbonyl (C=O) groups is 2. The maximum atomic E-state index is 11.2. The molecule has 0 bridgehead atoms. The standard InChI is InChI=1S/C11H10N4O5/c1-2-3-8(11(17)18)14-10-7(9(12)16)4-6(5-13-10)15(19)20/h1,4-5,8H,3H2,(H2,12,16)(H,13,14)(H,17,18). The number of rotatable bonds is 6. The molecular formula is C11H10N4O5. The number of nitrogens with two attached hydrogens (primary N) is 1. The first-order chi connectivity index (χ1) is 9.36. The Labute approximate surface area is 112 Å². The van der Waals surface area contributed by atoms with Crippen molar-refractivity contribution in [2.24, 2.45) is 5.73 Å². The van der Waals surface area contributed by atoms with Gasteiger partial charge in [0.25, 0.3) is 11.6 Å². The lowest BCUT2D eigenvalue weighted by Crippen LogP contribution is -2.30. The summed E-state index contributed by atoms with van der Waals surface area (Å²) in [6, 6.07) is -0.279. The molecule has 0 fully saturated rings. The summed E-state index contributed by atoms with van der Waals surface area (Å²) in [5.41, 5.74) is 4.35. The van der Waals surface area contributed by atoms with Crippen molar-refractivity contribution in [2.45, 2.75) is 12.5 Å². The molecule has 0 radical (unpaired) electrons. The van der Waals surface area contributed by atoms with Gasteiger partial charge in [-0.2, -0.15) is 0 Å². The zero-order chi connectivity index (χ0) is 15.3. The number of nitro groups is 1. The Bertz CT molecular complexity index is 607. The molecule has 0 saturated heterocycles. The molecule has 0 aliphatic carbocycles. The summed E-state index contributed by atoms with van der Waals surface area (Å²) in [6.45, 7) is 0. The molecule has 1 heterocycles. The van der Waals surface area contributed by atoms with E-state index in [1.165, 1.54) is 0 Å². The predicted octanol–water partition coefficient (Wildman–Crippen LogP) is -0.0229. The third-order valence-electron chi connectivity index (χ3n) is 2.28. The fraction of sp³-hybridized carbons (Fsp3) is 0.182. The SMILES string of the molecule is C#CCC(Nc1ncc([N+](=O)[O-])cc1C(N)=O)C(=O)O. The number of terminal acetylenes is 1. The summed E-state index contributed by atoms with van der Waals surface area (Å²) in [5.74, 6) is -0.253. The fourth-order valence-corrected chi connectivity index (χ4v) is 1.34. The van der Waals surface area contributed by atoms with Crippen molar-refractivity contribution in [3.63, 3.8) is 0 Å². The number of anilines is 1. The van der Waals surface area contributed by atoms with Crippen LogP contribution in [0.1, 0.15) is 16.8 Å². The number of carboxylic acid groups (broad SMARTS) is 1. The minimum absolute atomic E-state index is 0.161. The highest BCUT2D eigenvalue weighted by molar-refractivity contribution is 5.98. The van der Waals surface area contributed by atoms with Crippen LogP contribution in [0.2, 0.25) is 0 Å². The molecule has 0 aliphatic heterocycles. The van der Waals surface area contributed by atoms with Crippen LogP contribution in [0.3, 0.4) is 0 Å². The van der Waals surface area contributed by atoms with Crippen LogP contribution < -0.4 is 11.1 Å². The molecule has 1 aromatic rings. The lowest BCUT2D eigenvalue weighted by Gasteiger charge is -2.14. The third-order valence-corrected chi connectivity index (χ3v) is 2.28. The van der Waals surface area contributed by atoms with E-state index in [1.54, 1.807) is 0 Å². The average molecular weight is 278 g/mol. The van der Waals surface area contributed by atoms with Crippen LogP contribution in [0.5, 0.6) is 0 Å². The molecule has 104 valence electrons. The summed E-state index contributed by atoms with van der Waals surface area (Å²) in [4.78, 5) is 35.7. The number of pyridine rings is 1. The number of carbonyl (C=O) groups excluding carboxylic acids is 1. The molecule has 9 heteroatoms. The number of primary amides is 1. The van der Waals surface area contributed by atoms with Crippen molar-refractivity contribution in [1.82, 2.24) is 4.98 Å². The quantitative estimate of drug-likeness (QED) is 0.376. The van der Waals surface area contributed by atoms with Gasteiger partial charge < -0.3 is 16.2 Å². The molecule has 1 rings (SSSR count). The first-order valence-electron chi connectivity index (χ1n) is 5.23. The molecule has 0 aliphatic rings. The van der Waals surface area contributed by atoms with Crippen LogP contribution >= 0.6 is 0 Å². The Morgan fingerprint density at radius 3 is 2.75 bits per heavy atom. The highest BCUT2D eigenvalue weighted by atomic mass is 16.6. The first kappa shape index (κ1) is 14.9. The molecule has 1 unspecified atom stereocenters. The highest BCUT2D eigenvalue weighted by Crippen LogP contribution is 2.19. The minimum atomic E-state index is -1.25. The molecule has 0 saturated carbocycles. The second-order valence-electron chi connectivity index (χ2n) is 3.65. The van der Waals surface area contributed by atoms with Crippen LogP contribution in [0.15, 0.2) is 12.3 Å². The molecular weight excluding hydrogens is 268 g/mol. The normalized spacial score (nSPS) is 11.2. The molecule has 0 spiro atoms. The van der Waals surface area contributed by atoms with Gasteiger partial charge in [-0.1, -0.05) is 0 Å². The molecule has 1 aromatic heterocycles. The average Bonchev–Trinajstić information content (AvgIpc) is 2.37. The van der Waals surface area contributed by atoms with Gasteiger partial charge in [-0.3, -0.25) is 14.9 Å². The van der Waals surface area contributed by atoms with Gasteiger partial charge in [0, 0.05) is 12.5 Å². The van der Waals surface area contributed by atoms with E-state index in [0.717, 1.165) is 12.3 Å². The Kier molecular flexibility index (Phi) is 4.58. The number of hydrogen-bond donors (Lipinski definition) is 3. The maximum Gasteiger partial charge on any atom is 0.327 e. The number of hydrogen-bond acceptors (Lipinski definition) is 6. The number of aliphatic carboxylic acids is 1. The van der Waals surface area contributed by atoms with Gasteiger partial charge in [0.2, 0.25) is 0 Å². The van der Waals surface area contributed by atoms with Crippen molar-refractivity contribution in [3.8, 4) is 12.3 Å². The Balaban J connectivity index is 3.17. The largest absolute Gasteiger partial charge is 0.480 e. The van der Waals surface area contributed by atoms with E-state index < -0.39 is 28.5 Å². The van der Waals surface area contributed by atoms with E-state index in [4.69, 9.17) is 17.3 Å². The Hall–Kier alpha value is -3.15. The van der Waals surface area contributed by atoms with E-state index in [9.17, 15) is 19.7 Å². The van der Waals surface area contributed by atoms with Gasteiger partial charge >= 0.3 is 5.97 Å². The van der Waals surface area contributed by atoms with Crippen LogP contribution in [-0.2, 0) is 4.79 Å². The first-order valence-corrected chi connectivity index (χ1v) is 5.23. The fourth-order valence-electron chi connectivity index (χ4n) is 1.34. The van der Waals surface area contributed by atoms with Crippen LogP contribution in [-0.4, -0.2) is 32.9 Å². The Morgan fingerprint density at radius 2 is 2.30 bits per heavy atom. The lowest BCUT2D eigenvalue weighted by atomic mass is 10.2. The lowest BCUT2D eigenvalue weighted by molar-refractivity contribution is -0.385. The summed E-state index contributed by atoms with van der Waals surface area (Å²) in [6.07, 6.45) is 5.75. The molecule has 1 atom stereocenters. The van der Waals surface area contributed by atoms with Crippen molar-refractivity contribution in [2.75, 3.05) is 5.32 Å². The van der Waals surface area contributed by atoms with Gasteiger partial charge in [-0.05, 0) is 0 Å². The van der Waals surface area contributed by atoms with Gasteiger partial charge in [0.15, 0.2) is 0 Å². The van der Waals surface area contributed by atoms with Gasteiger partial charge in [0.1, 0.15) is 18.1 Å². The van der Waals surface area contributed by atoms with E-state index in [1.807, 2.05) is 0 Å². The number of carboxylic acids is 1. The third kappa shape index (κ3) is 3.42. The van der Waals surface area contributed by atoms with E-state index >= 15 is 0 Å². The zero-order valence-electron chi connectivity index (χ0n) is 10.1. The molecule has 4 N–H and O–H groups in total. The Morgan fingerprint density at radius 1 is 1.65 bits per heavy atom. The number of nitrogens with one attached hydrogen (secondary N) is 1. The topological polar surface area (TPSA) is 148 Å². The predicted molar refractivity (Wildman–Crippen MR) is 67.9 cm³/mol. The molecule has 0 aromatic carbocycles.